The first-order valence-corrected chi connectivity index (χ1v) is 8.38. The minimum Gasteiger partial charge on any atom is -0.462 e. The van der Waals surface area contributed by atoms with Gasteiger partial charge in [0.2, 0.25) is 0 Å². The van der Waals surface area contributed by atoms with Gasteiger partial charge >= 0.3 is 5.97 Å². The molecule has 0 saturated heterocycles. The molecule has 108 valence electrons. The van der Waals surface area contributed by atoms with Crippen molar-refractivity contribution in [1.82, 2.24) is 15.2 Å². The monoisotopic (exact) mass is 380 g/mol. The van der Waals surface area contributed by atoms with Crippen molar-refractivity contribution in [2.45, 2.75) is 11.9 Å². The predicted octanol–water partition coefficient (Wildman–Crippen LogP) is 1.61. The predicted molar refractivity (Wildman–Crippen MR) is 75.2 cm³/mol. The van der Waals surface area contributed by atoms with Crippen LogP contribution in [-0.2, 0) is 14.8 Å². The van der Waals surface area contributed by atoms with Gasteiger partial charge in [0, 0.05) is 0 Å². The zero-order valence-electron chi connectivity index (χ0n) is 10.1. The lowest BCUT2D eigenvalue weighted by atomic mass is 10.4. The molecule has 0 aromatic carbocycles. The molecule has 11 heteroatoms. The number of H-pyrrole nitrogens is 1. The van der Waals surface area contributed by atoms with E-state index < -0.39 is 16.0 Å². The maximum atomic E-state index is 12.2. The third kappa shape index (κ3) is 3.16. The highest BCUT2D eigenvalue weighted by Crippen LogP contribution is 2.25. The SMILES string of the molecule is CCOC(=O)c1cn[nH]c1S(=O)(=O)Nc1ncc(Br)s1. The van der Waals surface area contributed by atoms with Gasteiger partial charge in [-0.15, -0.1) is 0 Å². The second kappa shape index (κ2) is 5.89. The zero-order valence-corrected chi connectivity index (χ0v) is 13.3. The molecular formula is C9H9BrN4O4S2. The first-order valence-electron chi connectivity index (χ1n) is 5.28. The van der Waals surface area contributed by atoms with Crippen LogP contribution in [0.25, 0.3) is 0 Å². The molecule has 0 saturated carbocycles. The van der Waals surface area contributed by atoms with E-state index in [4.69, 9.17) is 4.74 Å². The van der Waals surface area contributed by atoms with Crippen molar-refractivity contribution in [1.29, 1.82) is 0 Å². The van der Waals surface area contributed by atoms with Crippen LogP contribution in [0.2, 0.25) is 0 Å². The number of nitrogens with one attached hydrogen (secondary N) is 2. The maximum Gasteiger partial charge on any atom is 0.342 e. The van der Waals surface area contributed by atoms with Gasteiger partial charge in [0.05, 0.1) is 22.8 Å². The molecule has 20 heavy (non-hydrogen) atoms. The number of esters is 1. The smallest absolute Gasteiger partial charge is 0.342 e. The van der Waals surface area contributed by atoms with E-state index in [0.29, 0.717) is 3.79 Å². The molecule has 0 bridgehead atoms. The molecule has 2 aromatic heterocycles. The third-order valence-electron chi connectivity index (χ3n) is 2.07. The molecule has 0 aliphatic rings. The van der Waals surface area contributed by atoms with E-state index in [1.165, 1.54) is 6.20 Å². The number of halogens is 1. The number of nitrogens with zero attached hydrogens (tertiary/aromatic N) is 2. The Morgan fingerprint density at radius 3 is 2.90 bits per heavy atom. The first-order chi connectivity index (χ1) is 9.44. The summed E-state index contributed by atoms with van der Waals surface area (Å²) in [4.78, 5) is 15.5. The van der Waals surface area contributed by atoms with E-state index in [0.717, 1.165) is 17.5 Å². The van der Waals surface area contributed by atoms with E-state index in [9.17, 15) is 13.2 Å². The minimum absolute atomic E-state index is 0.135. The van der Waals surface area contributed by atoms with Gasteiger partial charge in [0.15, 0.2) is 10.2 Å². The van der Waals surface area contributed by atoms with E-state index in [-0.39, 0.29) is 22.3 Å². The van der Waals surface area contributed by atoms with Crippen LogP contribution in [0.4, 0.5) is 5.13 Å². The largest absolute Gasteiger partial charge is 0.462 e. The summed E-state index contributed by atoms with van der Waals surface area (Å²) in [6.07, 6.45) is 2.56. The second-order valence-corrected chi connectivity index (χ2v) is 7.44. The van der Waals surface area contributed by atoms with Gasteiger partial charge in [-0.3, -0.25) is 9.82 Å². The number of sulfonamides is 1. The summed E-state index contributed by atoms with van der Waals surface area (Å²) >= 11 is 4.27. The molecule has 2 N–H and O–H groups in total. The highest BCUT2D eigenvalue weighted by atomic mass is 79.9. The van der Waals surface area contributed by atoms with Crippen molar-refractivity contribution in [2.24, 2.45) is 0 Å². The van der Waals surface area contributed by atoms with Crippen molar-refractivity contribution in [3.05, 3.63) is 21.7 Å². The lowest BCUT2D eigenvalue weighted by molar-refractivity contribution is 0.0522. The van der Waals surface area contributed by atoms with Crippen LogP contribution in [-0.4, -0.2) is 36.2 Å². The Hall–Kier alpha value is -1.46. The van der Waals surface area contributed by atoms with Crippen molar-refractivity contribution in [3.63, 3.8) is 0 Å². The Morgan fingerprint density at radius 2 is 2.30 bits per heavy atom. The van der Waals surface area contributed by atoms with E-state index in [1.54, 1.807) is 6.92 Å². The number of hydrogen-bond donors (Lipinski definition) is 2. The van der Waals surface area contributed by atoms with Gasteiger partial charge in [0.1, 0.15) is 5.56 Å². The fourth-order valence-corrected chi connectivity index (χ4v) is 3.74. The molecule has 0 aliphatic heterocycles. The van der Waals surface area contributed by atoms with Gasteiger partial charge in [-0.05, 0) is 22.9 Å². The molecule has 2 aromatic rings. The fraction of sp³-hybridized carbons (Fsp3) is 0.222. The van der Waals surface area contributed by atoms with Crippen LogP contribution in [0.5, 0.6) is 0 Å². The zero-order chi connectivity index (χ0) is 14.8. The van der Waals surface area contributed by atoms with Gasteiger partial charge in [-0.25, -0.2) is 9.78 Å². The Bertz CT molecular complexity index is 724. The van der Waals surface area contributed by atoms with Crippen LogP contribution in [0.15, 0.2) is 21.2 Å². The van der Waals surface area contributed by atoms with Crippen LogP contribution < -0.4 is 4.72 Å². The van der Waals surface area contributed by atoms with Gasteiger partial charge in [0.25, 0.3) is 10.0 Å². The lowest BCUT2D eigenvalue weighted by Crippen LogP contribution is -2.17. The molecule has 0 atom stereocenters. The van der Waals surface area contributed by atoms with Crippen molar-refractivity contribution >= 4 is 48.4 Å². The molecular weight excluding hydrogens is 372 g/mol. The number of hydrogen-bond acceptors (Lipinski definition) is 7. The molecule has 0 aliphatic carbocycles. The normalized spacial score (nSPS) is 11.3. The summed E-state index contributed by atoms with van der Waals surface area (Å²) in [5.41, 5.74) is -0.157. The van der Waals surface area contributed by atoms with Crippen molar-refractivity contribution in [2.75, 3.05) is 11.3 Å². The molecule has 0 radical (unpaired) electrons. The number of anilines is 1. The highest BCUT2D eigenvalue weighted by Gasteiger charge is 2.26. The van der Waals surface area contributed by atoms with Crippen molar-refractivity contribution in [3.8, 4) is 0 Å². The number of rotatable bonds is 5. The summed E-state index contributed by atoms with van der Waals surface area (Å²) in [6, 6.07) is 0. The highest BCUT2D eigenvalue weighted by molar-refractivity contribution is 9.11. The Balaban J connectivity index is 2.30. The van der Waals surface area contributed by atoms with Crippen LogP contribution in [0, 0.1) is 0 Å². The molecule has 0 amide bonds. The lowest BCUT2D eigenvalue weighted by Gasteiger charge is -2.05. The molecule has 0 spiro atoms. The number of aromatic nitrogens is 3. The average molecular weight is 381 g/mol. The summed E-state index contributed by atoms with van der Waals surface area (Å²) in [6.45, 7) is 1.76. The maximum absolute atomic E-state index is 12.2. The third-order valence-corrected chi connectivity index (χ3v) is 4.90. The molecule has 2 rings (SSSR count). The summed E-state index contributed by atoms with van der Waals surface area (Å²) in [7, 11) is -3.99. The molecule has 0 fully saturated rings. The van der Waals surface area contributed by atoms with Gasteiger partial charge in [-0.2, -0.15) is 13.5 Å². The number of thiazole rings is 1. The topological polar surface area (TPSA) is 114 Å². The number of carbonyl (C=O) groups is 1. The van der Waals surface area contributed by atoms with E-state index in [2.05, 4.69) is 35.8 Å². The molecule has 0 unspecified atom stereocenters. The van der Waals surface area contributed by atoms with Crippen molar-refractivity contribution < 1.29 is 17.9 Å². The number of aromatic amines is 1. The number of ether oxygens (including phenoxy) is 1. The minimum atomic E-state index is -3.99. The first kappa shape index (κ1) is 14.9. The van der Waals surface area contributed by atoms with Crippen LogP contribution in [0.1, 0.15) is 17.3 Å². The molecule has 2 heterocycles. The standard InChI is InChI=1S/C9H9BrN4O4S2/c1-2-18-8(15)5-3-12-13-7(5)20(16,17)14-9-11-4-6(10)19-9/h3-4H,2H2,1H3,(H,11,14)(H,12,13). The van der Waals surface area contributed by atoms with Crippen LogP contribution in [0.3, 0.4) is 0 Å². The Labute approximate surface area is 126 Å². The van der Waals surface area contributed by atoms with Gasteiger partial charge < -0.3 is 4.74 Å². The summed E-state index contributed by atoms with van der Waals surface area (Å²) in [5.74, 6) is -0.762. The average Bonchev–Trinajstić information content (AvgIpc) is 2.98. The fourth-order valence-electron chi connectivity index (χ4n) is 1.30. The molecule has 8 nitrogen and oxygen atoms in total. The quantitative estimate of drug-likeness (QED) is 0.761. The van der Waals surface area contributed by atoms with Gasteiger partial charge in [-0.1, -0.05) is 11.3 Å². The van der Waals surface area contributed by atoms with E-state index >= 15 is 0 Å². The Morgan fingerprint density at radius 1 is 1.55 bits per heavy atom. The number of carbonyl (C=O) groups excluding carboxylic acids is 1. The summed E-state index contributed by atoms with van der Waals surface area (Å²) in [5, 5.41) is 5.65. The van der Waals surface area contributed by atoms with E-state index in [1.807, 2.05) is 0 Å². The second-order valence-electron chi connectivity index (χ2n) is 3.41. The van der Waals surface area contributed by atoms with Crippen LogP contribution >= 0.6 is 27.3 Å². The Kier molecular flexibility index (Phi) is 4.40. The summed E-state index contributed by atoms with van der Waals surface area (Å²) < 4.78 is 32.0.